The van der Waals surface area contributed by atoms with Crippen molar-refractivity contribution in [3.63, 3.8) is 0 Å². The Kier molecular flexibility index (Phi) is 5.40. The smallest absolute Gasteiger partial charge is 0.323 e. The van der Waals surface area contributed by atoms with Crippen LogP contribution in [0.4, 0.5) is 29.1 Å². The predicted octanol–water partition coefficient (Wildman–Crippen LogP) is 2.70. The zero-order valence-electron chi connectivity index (χ0n) is 16.7. The molecule has 3 aromatic heterocycles. The Morgan fingerprint density at radius 2 is 2.03 bits per heavy atom. The van der Waals surface area contributed by atoms with Gasteiger partial charge in [-0.1, -0.05) is 0 Å². The van der Waals surface area contributed by atoms with Crippen LogP contribution < -0.4 is 10.2 Å². The second-order valence-electron chi connectivity index (χ2n) is 7.19. The van der Waals surface area contributed by atoms with E-state index in [1.54, 1.807) is 0 Å². The lowest BCUT2D eigenvalue weighted by Gasteiger charge is -2.11. The number of aromatic nitrogens is 5. The number of nitrogens with one attached hydrogen (secondary N) is 1. The molecule has 32 heavy (non-hydrogen) atoms. The van der Waals surface area contributed by atoms with Gasteiger partial charge in [0, 0.05) is 24.7 Å². The second kappa shape index (κ2) is 8.05. The molecule has 0 aromatic carbocycles. The predicted molar refractivity (Wildman–Crippen MR) is 103 cm³/mol. The second-order valence-corrected chi connectivity index (χ2v) is 7.19. The molecule has 1 aliphatic heterocycles. The van der Waals surface area contributed by atoms with E-state index in [1.165, 1.54) is 35.1 Å². The molecule has 1 aliphatic rings. The van der Waals surface area contributed by atoms with Gasteiger partial charge in [-0.3, -0.25) is 23.7 Å². The van der Waals surface area contributed by atoms with Crippen molar-refractivity contribution in [2.75, 3.05) is 16.8 Å². The summed E-state index contributed by atoms with van der Waals surface area (Å²) in [6.07, 6.45) is 0.541. The van der Waals surface area contributed by atoms with E-state index in [0.717, 1.165) is 23.2 Å². The fourth-order valence-corrected chi connectivity index (χ4v) is 3.29. The molecule has 9 nitrogen and oxygen atoms in total. The Morgan fingerprint density at radius 3 is 2.66 bits per heavy atom. The van der Waals surface area contributed by atoms with Crippen LogP contribution in [-0.2, 0) is 22.3 Å². The molecule has 4 heterocycles. The standard InChI is InChI=1S/C19H17F4N7O2/c1-11-5-14(19(21,22)23)27-30(11)9-16(31)26-12-6-13(20)18(24-7-12)28-8-15(25-10-28)29-4-2-3-17(29)32/h5-8,10H,2-4,9H2,1H3,(H,26,31). The van der Waals surface area contributed by atoms with Gasteiger partial charge in [-0.25, -0.2) is 14.4 Å². The quantitative estimate of drug-likeness (QED) is 0.602. The molecule has 13 heteroatoms. The van der Waals surface area contributed by atoms with Crippen LogP contribution in [0.15, 0.2) is 30.9 Å². The number of nitrogens with zero attached hydrogens (tertiary/aromatic N) is 6. The van der Waals surface area contributed by atoms with Crippen LogP contribution in [0.1, 0.15) is 24.2 Å². The van der Waals surface area contributed by atoms with E-state index in [4.69, 9.17) is 0 Å². The number of carbonyl (C=O) groups excluding carboxylic acids is 2. The van der Waals surface area contributed by atoms with E-state index in [2.05, 4.69) is 20.4 Å². The summed E-state index contributed by atoms with van der Waals surface area (Å²) in [5.41, 5.74) is -0.929. The highest BCUT2D eigenvalue weighted by Gasteiger charge is 2.34. The van der Waals surface area contributed by atoms with Crippen molar-refractivity contribution in [2.24, 2.45) is 0 Å². The first-order valence-electron chi connectivity index (χ1n) is 9.53. The summed E-state index contributed by atoms with van der Waals surface area (Å²) in [5.74, 6) is -1.23. The van der Waals surface area contributed by atoms with Gasteiger partial charge in [0.25, 0.3) is 0 Å². The molecule has 0 aliphatic carbocycles. The van der Waals surface area contributed by atoms with Crippen molar-refractivity contribution >= 4 is 23.3 Å². The van der Waals surface area contributed by atoms with Crippen molar-refractivity contribution in [3.8, 4) is 5.82 Å². The lowest BCUT2D eigenvalue weighted by molar-refractivity contribution is -0.141. The van der Waals surface area contributed by atoms with E-state index in [0.29, 0.717) is 18.8 Å². The molecular formula is C19H17F4N7O2. The number of alkyl halides is 3. The molecule has 2 amide bonds. The van der Waals surface area contributed by atoms with Gasteiger partial charge in [-0.05, 0) is 19.4 Å². The van der Waals surface area contributed by atoms with Gasteiger partial charge in [0.1, 0.15) is 12.9 Å². The minimum Gasteiger partial charge on any atom is -0.323 e. The molecule has 0 atom stereocenters. The fraction of sp³-hybridized carbons (Fsp3) is 0.316. The Labute approximate surface area is 178 Å². The molecule has 0 unspecified atom stereocenters. The van der Waals surface area contributed by atoms with Crippen LogP contribution in [-0.4, -0.2) is 42.7 Å². The molecule has 168 valence electrons. The van der Waals surface area contributed by atoms with Crippen LogP contribution in [0.3, 0.4) is 0 Å². The van der Waals surface area contributed by atoms with Gasteiger partial charge in [-0.15, -0.1) is 0 Å². The maximum Gasteiger partial charge on any atom is 0.435 e. The molecule has 0 spiro atoms. The number of amides is 2. The van der Waals surface area contributed by atoms with Crippen LogP contribution in [0.5, 0.6) is 0 Å². The van der Waals surface area contributed by atoms with Gasteiger partial charge in [0.2, 0.25) is 11.8 Å². The third-order valence-corrected chi connectivity index (χ3v) is 4.83. The van der Waals surface area contributed by atoms with E-state index in [-0.39, 0.29) is 23.1 Å². The molecule has 0 radical (unpaired) electrons. The monoisotopic (exact) mass is 451 g/mol. The zero-order valence-corrected chi connectivity index (χ0v) is 16.7. The summed E-state index contributed by atoms with van der Waals surface area (Å²) in [4.78, 5) is 33.6. The van der Waals surface area contributed by atoms with E-state index < -0.39 is 30.1 Å². The number of hydrogen-bond donors (Lipinski definition) is 1. The zero-order chi connectivity index (χ0) is 23.0. The van der Waals surface area contributed by atoms with E-state index >= 15 is 0 Å². The average molecular weight is 451 g/mol. The number of pyridine rings is 1. The lowest BCUT2D eigenvalue weighted by atomic mass is 10.3. The van der Waals surface area contributed by atoms with Gasteiger partial charge in [0.05, 0.1) is 18.1 Å². The number of hydrogen-bond acceptors (Lipinski definition) is 5. The third kappa shape index (κ3) is 4.31. The molecule has 0 bridgehead atoms. The summed E-state index contributed by atoms with van der Waals surface area (Å²) in [5, 5.41) is 5.76. The van der Waals surface area contributed by atoms with Crippen LogP contribution in [0.2, 0.25) is 0 Å². The molecule has 1 fully saturated rings. The van der Waals surface area contributed by atoms with Crippen LogP contribution in [0, 0.1) is 12.7 Å². The topological polar surface area (TPSA) is 97.9 Å². The third-order valence-electron chi connectivity index (χ3n) is 4.83. The van der Waals surface area contributed by atoms with Gasteiger partial charge in [0.15, 0.2) is 23.1 Å². The number of imidazole rings is 1. The van der Waals surface area contributed by atoms with Gasteiger partial charge >= 0.3 is 6.18 Å². The Hall–Kier alpha value is -3.77. The van der Waals surface area contributed by atoms with Crippen molar-refractivity contribution in [1.29, 1.82) is 0 Å². The minimum atomic E-state index is -4.62. The first-order valence-corrected chi connectivity index (χ1v) is 9.53. The lowest BCUT2D eigenvalue weighted by Crippen LogP contribution is -2.23. The van der Waals surface area contributed by atoms with Crippen LogP contribution >= 0.6 is 0 Å². The van der Waals surface area contributed by atoms with E-state index in [1.807, 2.05) is 0 Å². The highest BCUT2D eigenvalue weighted by Crippen LogP contribution is 2.28. The number of rotatable bonds is 5. The molecule has 1 N–H and O–H groups in total. The van der Waals surface area contributed by atoms with Crippen molar-refractivity contribution in [1.82, 2.24) is 24.3 Å². The number of anilines is 2. The Balaban J connectivity index is 1.45. The summed E-state index contributed by atoms with van der Waals surface area (Å²) in [7, 11) is 0. The highest BCUT2D eigenvalue weighted by molar-refractivity contribution is 5.94. The average Bonchev–Trinajstić information content (AvgIpc) is 3.42. The van der Waals surface area contributed by atoms with Crippen molar-refractivity contribution in [3.05, 3.63) is 48.1 Å². The summed E-state index contributed by atoms with van der Waals surface area (Å²) < 4.78 is 55.0. The fourth-order valence-electron chi connectivity index (χ4n) is 3.29. The molecule has 3 aromatic rings. The maximum atomic E-state index is 14.6. The summed E-state index contributed by atoms with van der Waals surface area (Å²) in [6, 6.07) is 1.86. The number of aryl methyl sites for hydroxylation is 1. The summed E-state index contributed by atoms with van der Waals surface area (Å²) in [6.45, 7) is 1.44. The molecular weight excluding hydrogens is 434 g/mol. The van der Waals surface area contributed by atoms with E-state index in [9.17, 15) is 27.2 Å². The van der Waals surface area contributed by atoms with Gasteiger partial charge < -0.3 is 5.32 Å². The van der Waals surface area contributed by atoms with Crippen molar-refractivity contribution in [2.45, 2.75) is 32.5 Å². The van der Waals surface area contributed by atoms with Gasteiger partial charge in [-0.2, -0.15) is 18.3 Å². The molecule has 4 rings (SSSR count). The van der Waals surface area contributed by atoms with Crippen molar-refractivity contribution < 1.29 is 27.2 Å². The first kappa shape index (κ1) is 21.5. The molecule has 1 saturated heterocycles. The molecule has 0 saturated carbocycles. The normalized spacial score (nSPS) is 14.3. The first-order chi connectivity index (χ1) is 15.1. The Bertz CT molecular complexity index is 1180. The minimum absolute atomic E-state index is 0.0205. The number of carbonyl (C=O) groups is 2. The Morgan fingerprint density at radius 1 is 1.25 bits per heavy atom. The SMILES string of the molecule is Cc1cc(C(F)(F)F)nn1CC(=O)Nc1cnc(-n2cnc(N3CCCC3=O)c2)c(F)c1. The maximum absolute atomic E-state index is 14.6. The summed E-state index contributed by atoms with van der Waals surface area (Å²) >= 11 is 0. The number of halogens is 4. The van der Waals surface area contributed by atoms with Crippen LogP contribution in [0.25, 0.3) is 5.82 Å². The highest BCUT2D eigenvalue weighted by atomic mass is 19.4. The largest absolute Gasteiger partial charge is 0.435 e.